The third kappa shape index (κ3) is 3.87. The van der Waals surface area contributed by atoms with Gasteiger partial charge < -0.3 is 9.80 Å². The van der Waals surface area contributed by atoms with Gasteiger partial charge >= 0.3 is 0 Å². The minimum atomic E-state index is 0.906. The third-order valence-electron chi connectivity index (χ3n) is 6.16. The van der Waals surface area contributed by atoms with Gasteiger partial charge in [0, 0.05) is 32.7 Å². The average molecular weight is 310 g/mol. The van der Waals surface area contributed by atoms with Crippen LogP contribution in [0.3, 0.4) is 0 Å². The van der Waals surface area contributed by atoms with Crippen molar-refractivity contribution in [1.82, 2.24) is 9.80 Å². The number of rotatable bonds is 6. The van der Waals surface area contributed by atoms with Crippen molar-refractivity contribution in [3.8, 4) is 0 Å². The molecule has 3 atom stereocenters. The van der Waals surface area contributed by atoms with E-state index in [0.717, 1.165) is 17.8 Å². The van der Waals surface area contributed by atoms with Crippen molar-refractivity contribution in [3.05, 3.63) is 48.0 Å². The quantitative estimate of drug-likeness (QED) is 0.743. The summed E-state index contributed by atoms with van der Waals surface area (Å²) in [6.07, 6.45) is 10.4. The molecular formula is C21H30N2. The Morgan fingerprint density at radius 3 is 2.35 bits per heavy atom. The van der Waals surface area contributed by atoms with Gasteiger partial charge in [-0.05, 0) is 55.5 Å². The van der Waals surface area contributed by atoms with Crippen molar-refractivity contribution < 1.29 is 0 Å². The Balaban J connectivity index is 1.14. The van der Waals surface area contributed by atoms with E-state index in [-0.39, 0.29) is 0 Å². The van der Waals surface area contributed by atoms with Crippen molar-refractivity contribution >= 4 is 0 Å². The molecule has 0 N–H and O–H groups in total. The van der Waals surface area contributed by atoms with E-state index in [0.29, 0.717) is 0 Å². The minimum Gasteiger partial charge on any atom is -0.301 e. The van der Waals surface area contributed by atoms with Crippen LogP contribution in [0.2, 0.25) is 0 Å². The van der Waals surface area contributed by atoms with Crippen molar-refractivity contribution in [2.75, 3.05) is 39.3 Å². The van der Waals surface area contributed by atoms with Crippen LogP contribution in [0.1, 0.15) is 24.8 Å². The summed E-state index contributed by atoms with van der Waals surface area (Å²) in [4.78, 5) is 5.40. The van der Waals surface area contributed by atoms with E-state index < -0.39 is 0 Å². The SMILES string of the molecule is C1=C[C@@H]2C[C@H]1C[C@@H]2CN1CCN(CCCc2ccccc2)CC1. The number of hydrogen-bond donors (Lipinski definition) is 0. The molecule has 3 aliphatic rings. The summed E-state index contributed by atoms with van der Waals surface area (Å²) in [6.45, 7) is 7.71. The standard InChI is InChI=1S/C21H30N2/c1-2-5-18(6-3-1)7-4-10-22-11-13-23(14-12-22)17-21-16-19-8-9-20(21)15-19/h1-3,5-6,8-9,19-21H,4,7,10-17H2/t19-,20+,21+/m0/s1. The first-order chi connectivity index (χ1) is 11.4. The van der Waals surface area contributed by atoms with Gasteiger partial charge in [-0.1, -0.05) is 42.5 Å². The van der Waals surface area contributed by atoms with Gasteiger partial charge in [-0.2, -0.15) is 0 Å². The lowest BCUT2D eigenvalue weighted by Gasteiger charge is -2.37. The Hall–Kier alpha value is -1.12. The van der Waals surface area contributed by atoms with Gasteiger partial charge in [0.05, 0.1) is 0 Å². The lowest BCUT2D eigenvalue weighted by Crippen LogP contribution is -2.48. The predicted octanol–water partition coefficient (Wildman–Crippen LogP) is 3.45. The fourth-order valence-electron chi connectivity index (χ4n) is 4.78. The molecular weight excluding hydrogens is 280 g/mol. The molecule has 1 heterocycles. The van der Waals surface area contributed by atoms with Crippen molar-refractivity contribution in [2.45, 2.75) is 25.7 Å². The second-order valence-corrected chi connectivity index (χ2v) is 7.77. The van der Waals surface area contributed by atoms with Gasteiger partial charge in [0.15, 0.2) is 0 Å². The van der Waals surface area contributed by atoms with Crippen molar-refractivity contribution in [2.24, 2.45) is 17.8 Å². The van der Waals surface area contributed by atoms with Gasteiger partial charge in [0.1, 0.15) is 0 Å². The summed E-state index contributed by atoms with van der Waals surface area (Å²) in [6, 6.07) is 10.9. The first-order valence-corrected chi connectivity index (χ1v) is 9.54. The minimum absolute atomic E-state index is 0.906. The maximum atomic E-state index is 2.73. The van der Waals surface area contributed by atoms with E-state index in [2.05, 4.69) is 52.3 Å². The number of piperazine rings is 1. The van der Waals surface area contributed by atoms with E-state index >= 15 is 0 Å². The predicted molar refractivity (Wildman–Crippen MR) is 96.5 cm³/mol. The molecule has 2 aliphatic carbocycles. The van der Waals surface area contributed by atoms with Gasteiger partial charge in [-0.15, -0.1) is 0 Å². The molecule has 0 radical (unpaired) electrons. The highest BCUT2D eigenvalue weighted by Gasteiger charge is 2.36. The lowest BCUT2D eigenvalue weighted by atomic mass is 9.93. The van der Waals surface area contributed by atoms with Crippen molar-refractivity contribution in [3.63, 3.8) is 0 Å². The van der Waals surface area contributed by atoms with Crippen LogP contribution in [0.4, 0.5) is 0 Å². The Bertz CT molecular complexity index is 516. The van der Waals surface area contributed by atoms with E-state index in [9.17, 15) is 0 Å². The van der Waals surface area contributed by atoms with Crippen LogP contribution in [0.5, 0.6) is 0 Å². The Kier molecular flexibility index (Phi) is 4.82. The van der Waals surface area contributed by atoms with Crippen molar-refractivity contribution in [1.29, 1.82) is 0 Å². The second-order valence-electron chi connectivity index (χ2n) is 7.77. The summed E-state index contributed by atoms with van der Waals surface area (Å²) in [5.41, 5.74) is 1.48. The highest BCUT2D eigenvalue weighted by molar-refractivity contribution is 5.14. The molecule has 2 bridgehead atoms. The maximum Gasteiger partial charge on any atom is 0.0110 e. The van der Waals surface area contributed by atoms with Gasteiger partial charge in [0.2, 0.25) is 0 Å². The van der Waals surface area contributed by atoms with E-state index in [1.54, 1.807) is 0 Å². The smallest absolute Gasteiger partial charge is 0.0110 e. The zero-order valence-electron chi connectivity index (χ0n) is 14.2. The molecule has 0 unspecified atom stereocenters. The lowest BCUT2D eigenvalue weighted by molar-refractivity contribution is 0.112. The van der Waals surface area contributed by atoms with Crippen LogP contribution in [-0.4, -0.2) is 49.1 Å². The van der Waals surface area contributed by atoms with E-state index in [1.807, 2.05) is 0 Å². The van der Waals surface area contributed by atoms with E-state index in [1.165, 1.54) is 70.5 Å². The average Bonchev–Trinajstić information content (AvgIpc) is 3.20. The summed E-state index contributed by atoms with van der Waals surface area (Å²) in [7, 11) is 0. The van der Waals surface area contributed by atoms with Crippen LogP contribution >= 0.6 is 0 Å². The topological polar surface area (TPSA) is 6.48 Å². The first-order valence-electron chi connectivity index (χ1n) is 9.54. The molecule has 1 aliphatic heterocycles. The fourth-order valence-corrected chi connectivity index (χ4v) is 4.78. The molecule has 0 amide bonds. The summed E-state index contributed by atoms with van der Waals surface area (Å²) >= 11 is 0. The second kappa shape index (κ2) is 7.19. The number of benzene rings is 1. The molecule has 1 saturated heterocycles. The number of nitrogens with zero attached hydrogens (tertiary/aromatic N) is 2. The summed E-state index contributed by atoms with van der Waals surface area (Å²) < 4.78 is 0. The molecule has 23 heavy (non-hydrogen) atoms. The number of allylic oxidation sites excluding steroid dienone is 2. The molecule has 1 aromatic rings. The summed E-state index contributed by atoms with van der Waals surface area (Å²) in [5.74, 6) is 2.78. The summed E-state index contributed by atoms with van der Waals surface area (Å²) in [5, 5.41) is 0. The zero-order valence-corrected chi connectivity index (χ0v) is 14.2. The van der Waals surface area contributed by atoms with Crippen LogP contribution in [0.15, 0.2) is 42.5 Å². The highest BCUT2D eigenvalue weighted by Crippen LogP contribution is 2.43. The van der Waals surface area contributed by atoms with Gasteiger partial charge in [0.25, 0.3) is 0 Å². The largest absolute Gasteiger partial charge is 0.301 e. The molecule has 124 valence electrons. The van der Waals surface area contributed by atoms with Gasteiger partial charge in [-0.3, -0.25) is 0 Å². The molecule has 2 nitrogen and oxygen atoms in total. The molecule has 0 aromatic heterocycles. The Labute approximate surface area is 141 Å². The number of hydrogen-bond acceptors (Lipinski definition) is 2. The van der Waals surface area contributed by atoms with E-state index in [4.69, 9.17) is 0 Å². The normalized spacial score (nSPS) is 31.0. The van der Waals surface area contributed by atoms with Crippen LogP contribution in [0.25, 0.3) is 0 Å². The number of aryl methyl sites for hydroxylation is 1. The molecule has 0 spiro atoms. The molecule has 2 heteroatoms. The monoisotopic (exact) mass is 310 g/mol. The molecule has 1 saturated carbocycles. The highest BCUT2D eigenvalue weighted by atomic mass is 15.3. The Morgan fingerprint density at radius 2 is 1.65 bits per heavy atom. The van der Waals surface area contributed by atoms with Crippen LogP contribution in [0, 0.1) is 17.8 Å². The first kappa shape index (κ1) is 15.4. The maximum absolute atomic E-state index is 2.73. The molecule has 2 fully saturated rings. The Morgan fingerprint density at radius 1 is 0.870 bits per heavy atom. The molecule has 1 aromatic carbocycles. The third-order valence-corrected chi connectivity index (χ3v) is 6.16. The number of fused-ring (bicyclic) bond motifs is 2. The fraction of sp³-hybridized carbons (Fsp3) is 0.619. The van der Waals surface area contributed by atoms with Gasteiger partial charge in [-0.25, -0.2) is 0 Å². The molecule has 4 rings (SSSR count). The van der Waals surface area contributed by atoms with Crippen LogP contribution < -0.4 is 0 Å². The van der Waals surface area contributed by atoms with Crippen LogP contribution in [-0.2, 0) is 6.42 Å². The zero-order chi connectivity index (χ0) is 15.5.